The summed E-state index contributed by atoms with van der Waals surface area (Å²) in [5.41, 5.74) is -0.717. The predicted octanol–water partition coefficient (Wildman–Crippen LogP) is 3.56. The highest BCUT2D eigenvalue weighted by Crippen LogP contribution is 2.39. The van der Waals surface area contributed by atoms with Crippen LogP contribution >= 0.6 is 0 Å². The van der Waals surface area contributed by atoms with E-state index in [4.69, 9.17) is 0 Å². The number of alkyl halides is 3. The standard InChI is InChI=1S/C23H23F4N3O4/c24-19-14(20(32)28-10-16(23(25,26)27)12-4-2-1-3-5-12)7-6-13-15(19)11-30(22(13)34)17-8-9-18(31)29-21(17)33/h6-7,10,12,16-17H,1-5,8-9,11H2,(H,29,31,33). The molecule has 1 aliphatic carbocycles. The molecule has 7 nitrogen and oxygen atoms in total. The van der Waals surface area contributed by atoms with Crippen LogP contribution in [0, 0.1) is 17.7 Å². The zero-order valence-electron chi connectivity index (χ0n) is 18.2. The second kappa shape index (κ2) is 9.27. The fourth-order valence-corrected chi connectivity index (χ4v) is 4.95. The largest absolute Gasteiger partial charge is 0.396 e. The summed E-state index contributed by atoms with van der Waals surface area (Å²) in [6.07, 6.45) is -0.895. The minimum absolute atomic E-state index is 0.0266. The van der Waals surface area contributed by atoms with E-state index >= 15 is 4.39 Å². The third-order valence-corrected chi connectivity index (χ3v) is 6.77. The fourth-order valence-electron chi connectivity index (χ4n) is 4.95. The average Bonchev–Trinajstić information content (AvgIpc) is 3.11. The first-order chi connectivity index (χ1) is 16.1. The van der Waals surface area contributed by atoms with Crippen LogP contribution in [0.3, 0.4) is 0 Å². The zero-order valence-corrected chi connectivity index (χ0v) is 18.2. The summed E-state index contributed by atoms with van der Waals surface area (Å²) in [6.45, 7) is -0.301. The number of nitrogens with zero attached hydrogens (tertiary/aromatic N) is 2. The molecule has 2 atom stereocenters. The van der Waals surface area contributed by atoms with Crippen LogP contribution in [0.1, 0.15) is 71.2 Å². The van der Waals surface area contributed by atoms with Gasteiger partial charge in [0.25, 0.3) is 11.8 Å². The highest BCUT2D eigenvalue weighted by molar-refractivity contribution is 6.06. The van der Waals surface area contributed by atoms with Gasteiger partial charge < -0.3 is 4.90 Å². The minimum atomic E-state index is -4.57. The second-order valence-electron chi connectivity index (χ2n) is 8.90. The lowest BCUT2D eigenvalue weighted by Crippen LogP contribution is -2.52. The van der Waals surface area contributed by atoms with Gasteiger partial charge in [-0.15, -0.1) is 0 Å². The van der Waals surface area contributed by atoms with Crippen LogP contribution in [0.5, 0.6) is 0 Å². The normalized spacial score (nSPS) is 22.8. The van der Waals surface area contributed by atoms with Crippen LogP contribution in [-0.2, 0) is 16.1 Å². The van der Waals surface area contributed by atoms with Gasteiger partial charge in [0.1, 0.15) is 11.9 Å². The quantitative estimate of drug-likeness (QED) is 0.404. The van der Waals surface area contributed by atoms with Crippen molar-refractivity contribution in [2.45, 2.75) is 63.7 Å². The number of aliphatic imine (C=N–C) groups is 1. The van der Waals surface area contributed by atoms with Gasteiger partial charge in [0.15, 0.2) is 0 Å². The van der Waals surface area contributed by atoms with Crippen molar-refractivity contribution in [1.29, 1.82) is 0 Å². The number of carbonyl (C=O) groups excluding carboxylic acids is 4. The lowest BCUT2D eigenvalue weighted by Gasteiger charge is -2.29. The lowest BCUT2D eigenvalue weighted by atomic mass is 9.80. The van der Waals surface area contributed by atoms with E-state index in [1.165, 1.54) is 6.07 Å². The number of nitrogens with one attached hydrogen (secondary N) is 1. The van der Waals surface area contributed by atoms with Crippen LogP contribution in [0.15, 0.2) is 17.1 Å². The molecule has 1 saturated carbocycles. The zero-order chi connectivity index (χ0) is 24.6. The Kier molecular flexibility index (Phi) is 6.55. The third kappa shape index (κ3) is 4.60. The molecule has 1 N–H and O–H groups in total. The van der Waals surface area contributed by atoms with Gasteiger partial charge in [-0.2, -0.15) is 13.2 Å². The van der Waals surface area contributed by atoms with Crippen molar-refractivity contribution in [3.63, 3.8) is 0 Å². The number of carbonyl (C=O) groups is 4. The Bertz CT molecular complexity index is 1060. The third-order valence-electron chi connectivity index (χ3n) is 6.77. The van der Waals surface area contributed by atoms with E-state index in [-0.39, 0.29) is 30.5 Å². The molecule has 34 heavy (non-hydrogen) atoms. The second-order valence-corrected chi connectivity index (χ2v) is 8.90. The molecule has 4 amide bonds. The highest BCUT2D eigenvalue weighted by Gasteiger charge is 2.44. The van der Waals surface area contributed by atoms with Crippen LogP contribution in [-0.4, -0.2) is 47.0 Å². The van der Waals surface area contributed by atoms with E-state index in [9.17, 15) is 32.3 Å². The van der Waals surface area contributed by atoms with E-state index < -0.39 is 59.1 Å². The molecule has 2 heterocycles. The van der Waals surface area contributed by atoms with Gasteiger partial charge in [0.2, 0.25) is 11.8 Å². The smallest absolute Gasteiger partial charge is 0.322 e. The monoisotopic (exact) mass is 481 g/mol. The van der Waals surface area contributed by atoms with Crippen molar-refractivity contribution in [1.82, 2.24) is 10.2 Å². The number of hydrogen-bond donors (Lipinski definition) is 1. The molecular weight excluding hydrogens is 458 g/mol. The van der Waals surface area contributed by atoms with Crippen molar-refractivity contribution in [2.24, 2.45) is 16.8 Å². The summed E-state index contributed by atoms with van der Waals surface area (Å²) in [7, 11) is 0. The van der Waals surface area contributed by atoms with Crippen molar-refractivity contribution in [3.05, 3.63) is 34.6 Å². The number of imide groups is 1. The molecule has 1 saturated heterocycles. The average molecular weight is 481 g/mol. The number of piperidine rings is 1. The molecule has 3 aliphatic rings. The number of rotatable bonds is 4. The van der Waals surface area contributed by atoms with Gasteiger partial charge in [-0.3, -0.25) is 24.5 Å². The molecule has 0 spiro atoms. The first-order valence-electron chi connectivity index (χ1n) is 11.2. The molecular formula is C23H23F4N3O4. The number of benzene rings is 1. The Morgan fingerprint density at radius 1 is 1.12 bits per heavy atom. The van der Waals surface area contributed by atoms with Crippen LogP contribution in [0.2, 0.25) is 0 Å². The van der Waals surface area contributed by atoms with Crippen LogP contribution < -0.4 is 5.32 Å². The van der Waals surface area contributed by atoms with Crippen molar-refractivity contribution in [2.75, 3.05) is 0 Å². The molecule has 0 bridgehead atoms. The molecule has 0 aromatic heterocycles. The van der Waals surface area contributed by atoms with Gasteiger partial charge in [0, 0.05) is 23.8 Å². The van der Waals surface area contributed by atoms with Gasteiger partial charge >= 0.3 is 6.18 Å². The number of fused-ring (bicyclic) bond motifs is 1. The van der Waals surface area contributed by atoms with Gasteiger partial charge in [-0.05, 0) is 37.3 Å². The molecule has 1 aromatic rings. The SMILES string of the molecule is O=C1CCC(N2Cc3c(ccc(C(=O)N=CC(C4CCCCC4)C(F)(F)F)c3F)C2=O)C(=O)N1. The Balaban J connectivity index is 1.54. The molecule has 1 aromatic carbocycles. The maximum Gasteiger partial charge on any atom is 0.396 e. The summed E-state index contributed by atoms with van der Waals surface area (Å²) < 4.78 is 55.8. The van der Waals surface area contributed by atoms with Gasteiger partial charge in [-0.25, -0.2) is 9.38 Å². The van der Waals surface area contributed by atoms with Crippen LogP contribution in [0.4, 0.5) is 17.6 Å². The van der Waals surface area contributed by atoms with Gasteiger partial charge in [-0.1, -0.05) is 19.3 Å². The molecule has 2 aliphatic heterocycles. The Morgan fingerprint density at radius 2 is 1.82 bits per heavy atom. The molecule has 0 radical (unpaired) electrons. The van der Waals surface area contributed by atoms with E-state index in [0.717, 1.165) is 17.4 Å². The molecule has 2 fully saturated rings. The van der Waals surface area contributed by atoms with Crippen molar-refractivity contribution in [3.8, 4) is 0 Å². The molecule has 2 unspecified atom stereocenters. The number of amides is 4. The maximum absolute atomic E-state index is 15.2. The highest BCUT2D eigenvalue weighted by atomic mass is 19.4. The summed E-state index contributed by atoms with van der Waals surface area (Å²) in [6, 6.07) is 1.26. The predicted molar refractivity (Wildman–Crippen MR) is 111 cm³/mol. The maximum atomic E-state index is 15.2. The first-order valence-corrected chi connectivity index (χ1v) is 11.2. The Morgan fingerprint density at radius 3 is 2.47 bits per heavy atom. The van der Waals surface area contributed by atoms with E-state index in [2.05, 4.69) is 10.3 Å². The Labute approximate surface area is 192 Å². The summed E-state index contributed by atoms with van der Waals surface area (Å²) in [5.74, 6) is -6.54. The van der Waals surface area contributed by atoms with E-state index in [1.807, 2.05) is 0 Å². The fraction of sp³-hybridized carbons (Fsp3) is 0.522. The molecule has 182 valence electrons. The van der Waals surface area contributed by atoms with E-state index in [1.54, 1.807) is 0 Å². The van der Waals surface area contributed by atoms with Crippen molar-refractivity contribution >= 4 is 29.8 Å². The summed E-state index contributed by atoms with van der Waals surface area (Å²) in [4.78, 5) is 53.3. The minimum Gasteiger partial charge on any atom is -0.322 e. The molecule has 11 heteroatoms. The van der Waals surface area contributed by atoms with E-state index in [0.29, 0.717) is 31.9 Å². The summed E-state index contributed by atoms with van der Waals surface area (Å²) in [5, 5.41) is 2.13. The number of halogens is 4. The first kappa shape index (κ1) is 24.0. The molecule has 4 rings (SSSR count). The topological polar surface area (TPSA) is 95.9 Å². The summed E-state index contributed by atoms with van der Waals surface area (Å²) >= 11 is 0. The van der Waals surface area contributed by atoms with Gasteiger partial charge in [0.05, 0.1) is 18.0 Å². The van der Waals surface area contributed by atoms with Crippen LogP contribution in [0.25, 0.3) is 0 Å². The Hall–Kier alpha value is -3.11. The van der Waals surface area contributed by atoms with Crippen molar-refractivity contribution < 1.29 is 36.7 Å². The number of hydrogen-bond acceptors (Lipinski definition) is 4. The lowest BCUT2D eigenvalue weighted by molar-refractivity contribution is -0.168.